The summed E-state index contributed by atoms with van der Waals surface area (Å²) in [6.07, 6.45) is 12.7. The molecule has 204 valence electrons. The number of benzene rings is 2. The van der Waals surface area contributed by atoms with Crippen molar-refractivity contribution in [2.75, 3.05) is 0 Å². The van der Waals surface area contributed by atoms with Gasteiger partial charge in [0.15, 0.2) is 0 Å². The summed E-state index contributed by atoms with van der Waals surface area (Å²) < 4.78 is 7.20. The Morgan fingerprint density at radius 2 is 1.41 bits per heavy atom. The average molecular weight is 574 g/mol. The van der Waals surface area contributed by atoms with Gasteiger partial charge in [0.1, 0.15) is 11.7 Å². The highest BCUT2D eigenvalue weighted by Crippen LogP contribution is 2.37. The number of unbranched alkanes of at least 4 members (excludes halogenated alkanes) is 8. The van der Waals surface area contributed by atoms with Crippen LogP contribution in [0.1, 0.15) is 102 Å². The van der Waals surface area contributed by atoms with Crippen LogP contribution in [0.5, 0.6) is 0 Å². The average Bonchev–Trinajstić information content (AvgIpc) is 2.88. The second kappa shape index (κ2) is 17.5. The van der Waals surface area contributed by atoms with Gasteiger partial charge in [-0.3, -0.25) is 4.79 Å². The number of carboxylic acids is 1. The highest BCUT2D eigenvalue weighted by atomic mass is 79.9. The molecule has 1 N–H and O–H groups in total. The van der Waals surface area contributed by atoms with Gasteiger partial charge in [-0.15, -0.1) is 0 Å². The van der Waals surface area contributed by atoms with E-state index in [-0.39, 0.29) is 6.42 Å². The number of carbonyl (C=O) groups is 2. The van der Waals surface area contributed by atoms with Crippen LogP contribution in [0.2, 0.25) is 0 Å². The van der Waals surface area contributed by atoms with E-state index < -0.39 is 17.5 Å². The third kappa shape index (κ3) is 10.7. The Bertz CT molecular complexity index is 897. The molecule has 4 nitrogen and oxygen atoms in total. The Hall–Kier alpha value is -1.98. The molecule has 37 heavy (non-hydrogen) atoms. The van der Waals surface area contributed by atoms with Gasteiger partial charge in [0.05, 0.1) is 12.7 Å². The van der Waals surface area contributed by atoms with Crippen molar-refractivity contribution in [3.8, 4) is 0 Å². The Morgan fingerprint density at radius 1 is 0.865 bits per heavy atom. The fourth-order valence-electron chi connectivity index (χ4n) is 5.03. The molecule has 0 radical (unpaired) electrons. The smallest absolute Gasteiger partial charge is 0.317 e. The van der Waals surface area contributed by atoms with Gasteiger partial charge in [-0.1, -0.05) is 136 Å². The number of ether oxygens (including phenoxy) is 1. The lowest BCUT2D eigenvalue weighted by Gasteiger charge is -2.36. The molecule has 0 heterocycles. The molecule has 2 aromatic rings. The summed E-state index contributed by atoms with van der Waals surface area (Å²) in [7, 11) is 0. The summed E-state index contributed by atoms with van der Waals surface area (Å²) >= 11 is 3.43. The molecule has 2 atom stereocenters. The standard InChI is InChI=1S/C32H45BrO4/c1-26(2)15-11-8-6-4-3-5-7-9-14-18-30(37-25-27-16-12-10-13-17-27)32(23-24-34,31(35)36)28-19-21-29(33)22-20-28/h10,12-13,16-17,19-22,24,26,30H,3-9,11,14-15,18,23,25H2,1-2H3,(H,35,36)/t30?,32-/m1/s1. The van der Waals surface area contributed by atoms with Crippen molar-refractivity contribution in [3.63, 3.8) is 0 Å². The lowest BCUT2D eigenvalue weighted by molar-refractivity contribution is -0.154. The second-order valence-electron chi connectivity index (χ2n) is 10.6. The third-order valence-corrected chi connectivity index (χ3v) is 7.77. The molecule has 0 aliphatic heterocycles. The van der Waals surface area contributed by atoms with E-state index in [9.17, 15) is 14.7 Å². The van der Waals surface area contributed by atoms with Gasteiger partial charge in [-0.25, -0.2) is 0 Å². The van der Waals surface area contributed by atoms with Crippen LogP contribution in [0.25, 0.3) is 0 Å². The first-order valence-electron chi connectivity index (χ1n) is 14.0. The number of hydrogen-bond acceptors (Lipinski definition) is 3. The molecule has 0 aliphatic carbocycles. The van der Waals surface area contributed by atoms with Crippen LogP contribution in [0, 0.1) is 5.92 Å². The maximum Gasteiger partial charge on any atom is 0.317 e. The van der Waals surface area contributed by atoms with Crippen molar-refractivity contribution in [2.45, 2.75) is 109 Å². The molecule has 2 aromatic carbocycles. The van der Waals surface area contributed by atoms with Crippen molar-refractivity contribution < 1.29 is 19.4 Å². The monoisotopic (exact) mass is 572 g/mol. The maximum atomic E-state index is 12.8. The van der Waals surface area contributed by atoms with Gasteiger partial charge < -0.3 is 14.6 Å². The Balaban J connectivity index is 2.00. The first-order valence-corrected chi connectivity index (χ1v) is 14.8. The molecule has 1 unspecified atom stereocenters. The van der Waals surface area contributed by atoms with Crippen molar-refractivity contribution in [1.82, 2.24) is 0 Å². The van der Waals surface area contributed by atoms with E-state index in [1.54, 1.807) is 12.1 Å². The second-order valence-corrected chi connectivity index (χ2v) is 11.5. The predicted octanol–water partition coefficient (Wildman–Crippen LogP) is 8.89. The van der Waals surface area contributed by atoms with E-state index in [1.165, 1.54) is 44.9 Å². The summed E-state index contributed by atoms with van der Waals surface area (Å²) in [6, 6.07) is 17.0. The fourth-order valence-corrected chi connectivity index (χ4v) is 5.29. The van der Waals surface area contributed by atoms with Gasteiger partial charge in [-0.05, 0) is 35.6 Å². The zero-order valence-electron chi connectivity index (χ0n) is 22.7. The molecule has 0 bridgehead atoms. The molecule has 0 saturated carbocycles. The molecule has 0 aromatic heterocycles. The summed E-state index contributed by atoms with van der Waals surface area (Å²) in [6.45, 7) is 4.89. The summed E-state index contributed by atoms with van der Waals surface area (Å²) in [5.41, 5.74) is 0.167. The largest absolute Gasteiger partial charge is 0.480 e. The minimum atomic E-state index is -1.42. The van der Waals surface area contributed by atoms with E-state index in [0.717, 1.165) is 41.5 Å². The van der Waals surface area contributed by atoms with Gasteiger partial charge in [0, 0.05) is 10.9 Å². The minimum Gasteiger partial charge on any atom is -0.480 e. The van der Waals surface area contributed by atoms with Crippen LogP contribution in [0.15, 0.2) is 59.1 Å². The minimum absolute atomic E-state index is 0.125. The first-order chi connectivity index (χ1) is 17.9. The third-order valence-electron chi connectivity index (χ3n) is 7.24. The number of carbonyl (C=O) groups excluding carboxylic acids is 1. The van der Waals surface area contributed by atoms with Crippen LogP contribution in [0.3, 0.4) is 0 Å². The van der Waals surface area contributed by atoms with E-state index in [0.29, 0.717) is 18.6 Å². The number of carboxylic acid groups (broad SMARTS) is 1. The first kappa shape index (κ1) is 31.2. The number of rotatable bonds is 20. The number of hydrogen-bond donors (Lipinski definition) is 1. The molecule has 0 amide bonds. The van der Waals surface area contributed by atoms with Gasteiger partial charge in [0.25, 0.3) is 0 Å². The Labute approximate surface area is 232 Å². The highest BCUT2D eigenvalue weighted by molar-refractivity contribution is 9.10. The maximum absolute atomic E-state index is 12.8. The molecule has 2 rings (SSSR count). The van der Waals surface area contributed by atoms with E-state index >= 15 is 0 Å². The van der Waals surface area contributed by atoms with Crippen LogP contribution in [-0.2, 0) is 26.3 Å². The van der Waals surface area contributed by atoms with E-state index in [2.05, 4.69) is 29.8 Å². The quantitative estimate of drug-likeness (QED) is 0.127. The molecule has 0 spiro atoms. The van der Waals surface area contributed by atoms with E-state index in [4.69, 9.17) is 4.74 Å². The fraction of sp³-hybridized carbons (Fsp3) is 0.562. The van der Waals surface area contributed by atoms with Gasteiger partial charge in [0.2, 0.25) is 0 Å². The SMILES string of the molecule is CC(C)CCCCCCCCCCCC(OCc1ccccc1)[C@](CC=O)(C(=O)O)c1ccc(Br)cc1. The lowest BCUT2D eigenvalue weighted by atomic mass is 9.71. The zero-order chi connectivity index (χ0) is 26.9. The molecular formula is C32H45BrO4. The molecule has 0 fully saturated rings. The number of aliphatic carboxylic acids is 1. The zero-order valence-corrected chi connectivity index (χ0v) is 24.3. The number of halogens is 1. The lowest BCUT2D eigenvalue weighted by Crippen LogP contribution is -2.48. The predicted molar refractivity (Wildman–Crippen MR) is 155 cm³/mol. The van der Waals surface area contributed by atoms with Gasteiger partial charge >= 0.3 is 5.97 Å². The van der Waals surface area contributed by atoms with Crippen LogP contribution >= 0.6 is 15.9 Å². The molecule has 0 saturated heterocycles. The molecule has 5 heteroatoms. The molecule has 0 aliphatic rings. The van der Waals surface area contributed by atoms with Gasteiger partial charge in [-0.2, -0.15) is 0 Å². The Kier molecular flexibility index (Phi) is 14.8. The summed E-state index contributed by atoms with van der Waals surface area (Å²) in [5.74, 6) is -0.215. The number of aldehydes is 1. The highest BCUT2D eigenvalue weighted by Gasteiger charge is 2.48. The normalized spacial score (nSPS) is 13.8. The summed E-state index contributed by atoms with van der Waals surface area (Å²) in [4.78, 5) is 24.6. The van der Waals surface area contributed by atoms with Crippen molar-refractivity contribution in [2.24, 2.45) is 5.92 Å². The van der Waals surface area contributed by atoms with Crippen LogP contribution in [-0.4, -0.2) is 23.5 Å². The molecular weight excluding hydrogens is 528 g/mol. The summed E-state index contributed by atoms with van der Waals surface area (Å²) in [5, 5.41) is 10.5. The van der Waals surface area contributed by atoms with Crippen LogP contribution < -0.4 is 0 Å². The van der Waals surface area contributed by atoms with E-state index in [1.807, 2.05) is 42.5 Å². The van der Waals surface area contributed by atoms with Crippen molar-refractivity contribution in [1.29, 1.82) is 0 Å². The van der Waals surface area contributed by atoms with Crippen molar-refractivity contribution >= 4 is 28.2 Å². The van der Waals surface area contributed by atoms with Crippen molar-refractivity contribution in [3.05, 3.63) is 70.2 Å². The van der Waals surface area contributed by atoms with Crippen LogP contribution in [0.4, 0.5) is 0 Å². The topological polar surface area (TPSA) is 63.6 Å². The Morgan fingerprint density at radius 3 is 1.92 bits per heavy atom.